The average Bonchev–Trinajstić information content (AvgIpc) is 2.42. The molecule has 2 rings (SSSR count). The minimum absolute atomic E-state index is 0.471. The van der Waals surface area contributed by atoms with Crippen molar-refractivity contribution in [2.24, 2.45) is 0 Å². The summed E-state index contributed by atoms with van der Waals surface area (Å²) >= 11 is 7.65. The zero-order valence-electron chi connectivity index (χ0n) is 10.8. The van der Waals surface area contributed by atoms with Gasteiger partial charge in [-0.25, -0.2) is 0 Å². The first-order valence-electron chi connectivity index (χ1n) is 6.34. The van der Waals surface area contributed by atoms with Crippen LogP contribution in [0.2, 0.25) is 5.02 Å². The summed E-state index contributed by atoms with van der Waals surface area (Å²) in [4.78, 5) is 1.24. The molecule has 0 heterocycles. The maximum Gasteiger partial charge on any atom is 0.0830 e. The van der Waals surface area contributed by atoms with E-state index in [0.29, 0.717) is 6.42 Å². The monoisotopic (exact) mass is 292 g/mol. The van der Waals surface area contributed by atoms with E-state index >= 15 is 0 Å². The van der Waals surface area contributed by atoms with Crippen molar-refractivity contribution in [2.45, 2.75) is 24.3 Å². The molecule has 0 bridgehead atoms. The van der Waals surface area contributed by atoms with E-state index in [1.807, 2.05) is 36.4 Å². The summed E-state index contributed by atoms with van der Waals surface area (Å²) in [7, 11) is 0. The van der Waals surface area contributed by atoms with Crippen LogP contribution in [0.25, 0.3) is 0 Å². The second-order valence-electron chi connectivity index (χ2n) is 4.35. The van der Waals surface area contributed by atoms with Crippen molar-refractivity contribution in [1.29, 1.82) is 0 Å². The Morgan fingerprint density at radius 3 is 2.26 bits per heavy atom. The van der Waals surface area contributed by atoms with E-state index in [9.17, 15) is 5.11 Å². The Balaban J connectivity index is 2.02. The van der Waals surface area contributed by atoms with Crippen molar-refractivity contribution >= 4 is 23.4 Å². The molecule has 19 heavy (non-hydrogen) atoms. The number of halogens is 1. The summed E-state index contributed by atoms with van der Waals surface area (Å²) in [6.45, 7) is 2.13. The predicted octanol–water partition coefficient (Wildman–Crippen LogP) is 4.73. The van der Waals surface area contributed by atoms with E-state index < -0.39 is 6.10 Å². The fourth-order valence-corrected chi connectivity index (χ4v) is 2.70. The molecule has 2 aromatic rings. The first-order valence-corrected chi connectivity index (χ1v) is 7.70. The highest BCUT2D eigenvalue weighted by Gasteiger charge is 2.08. The van der Waals surface area contributed by atoms with Crippen molar-refractivity contribution in [1.82, 2.24) is 0 Å². The summed E-state index contributed by atoms with van der Waals surface area (Å²) in [5.74, 6) is 1.06. The molecule has 0 aromatic heterocycles. The van der Waals surface area contributed by atoms with E-state index in [0.717, 1.165) is 21.9 Å². The lowest BCUT2D eigenvalue weighted by atomic mass is 10.0. The van der Waals surface area contributed by atoms with Crippen molar-refractivity contribution in [3.63, 3.8) is 0 Å². The quantitative estimate of drug-likeness (QED) is 0.804. The fraction of sp³-hybridized carbons (Fsp3) is 0.250. The minimum Gasteiger partial charge on any atom is -0.388 e. The van der Waals surface area contributed by atoms with Crippen LogP contribution in [0.4, 0.5) is 0 Å². The molecule has 1 atom stereocenters. The molecule has 0 spiro atoms. The van der Waals surface area contributed by atoms with Gasteiger partial charge in [0, 0.05) is 16.3 Å². The Morgan fingerprint density at radius 1 is 1.05 bits per heavy atom. The summed E-state index contributed by atoms with van der Waals surface area (Å²) in [5.41, 5.74) is 2.04. The number of benzene rings is 2. The normalized spacial score (nSPS) is 12.4. The Bertz CT molecular complexity index is 507. The number of aliphatic hydroxyl groups excluding tert-OH is 1. The zero-order valence-corrected chi connectivity index (χ0v) is 12.4. The first kappa shape index (κ1) is 14.4. The number of aliphatic hydroxyl groups is 1. The molecule has 100 valence electrons. The van der Waals surface area contributed by atoms with Gasteiger partial charge < -0.3 is 5.11 Å². The van der Waals surface area contributed by atoms with Crippen LogP contribution in [0.1, 0.15) is 24.2 Å². The lowest BCUT2D eigenvalue weighted by molar-refractivity contribution is 0.178. The summed E-state index contributed by atoms with van der Waals surface area (Å²) in [6, 6.07) is 15.7. The molecule has 0 amide bonds. The highest BCUT2D eigenvalue weighted by Crippen LogP contribution is 2.23. The van der Waals surface area contributed by atoms with E-state index in [1.165, 1.54) is 4.90 Å². The molecule has 0 aliphatic carbocycles. The minimum atomic E-state index is -0.471. The van der Waals surface area contributed by atoms with Gasteiger partial charge in [0.05, 0.1) is 6.10 Å². The van der Waals surface area contributed by atoms with E-state index in [2.05, 4.69) is 19.1 Å². The van der Waals surface area contributed by atoms with Gasteiger partial charge in [-0.05, 0) is 41.1 Å². The van der Waals surface area contributed by atoms with E-state index in [-0.39, 0.29) is 0 Å². The van der Waals surface area contributed by atoms with Crippen molar-refractivity contribution in [3.05, 3.63) is 64.7 Å². The average molecular weight is 293 g/mol. The Kier molecular flexibility index (Phi) is 5.32. The molecule has 3 heteroatoms. The van der Waals surface area contributed by atoms with Gasteiger partial charge in [0.25, 0.3) is 0 Å². The van der Waals surface area contributed by atoms with Crippen LogP contribution < -0.4 is 0 Å². The van der Waals surface area contributed by atoms with Gasteiger partial charge >= 0.3 is 0 Å². The second kappa shape index (κ2) is 6.99. The first-order chi connectivity index (χ1) is 9.19. The highest BCUT2D eigenvalue weighted by atomic mass is 35.5. The van der Waals surface area contributed by atoms with Gasteiger partial charge in [-0.15, -0.1) is 11.8 Å². The van der Waals surface area contributed by atoms with Gasteiger partial charge in [-0.1, -0.05) is 42.8 Å². The summed E-state index contributed by atoms with van der Waals surface area (Å²) in [6.07, 6.45) is 0.138. The maximum atomic E-state index is 10.2. The molecule has 1 nitrogen and oxygen atoms in total. The standard InChI is InChI=1S/C16H17ClOS/c1-2-19-15-9-5-13(6-10-15)16(18)11-12-3-7-14(17)8-4-12/h3-10,16,18H,2,11H2,1H3. The van der Waals surface area contributed by atoms with Crippen LogP contribution in [0, 0.1) is 0 Å². The van der Waals surface area contributed by atoms with Crippen molar-refractivity contribution < 1.29 is 5.11 Å². The third kappa shape index (κ3) is 4.27. The second-order valence-corrected chi connectivity index (χ2v) is 6.12. The molecule has 1 unspecified atom stereocenters. The summed E-state index contributed by atoms with van der Waals surface area (Å²) in [5, 5.41) is 10.9. The topological polar surface area (TPSA) is 20.2 Å². The number of rotatable bonds is 5. The van der Waals surface area contributed by atoms with E-state index in [1.54, 1.807) is 11.8 Å². The van der Waals surface area contributed by atoms with Crippen molar-refractivity contribution in [3.8, 4) is 0 Å². The van der Waals surface area contributed by atoms with Crippen molar-refractivity contribution in [2.75, 3.05) is 5.75 Å². The molecule has 1 N–H and O–H groups in total. The molecule has 0 aliphatic rings. The van der Waals surface area contributed by atoms with Crippen LogP contribution in [-0.4, -0.2) is 10.9 Å². The molecule has 0 fully saturated rings. The van der Waals surface area contributed by atoms with E-state index in [4.69, 9.17) is 11.6 Å². The van der Waals surface area contributed by atoms with Crippen LogP contribution in [-0.2, 0) is 6.42 Å². The molecule has 0 saturated carbocycles. The van der Waals surface area contributed by atoms with Gasteiger partial charge in [-0.2, -0.15) is 0 Å². The molecule has 2 aromatic carbocycles. The van der Waals surface area contributed by atoms with Gasteiger partial charge in [0.2, 0.25) is 0 Å². The van der Waals surface area contributed by atoms with Gasteiger partial charge in [0.1, 0.15) is 0 Å². The molecular weight excluding hydrogens is 276 g/mol. The van der Waals surface area contributed by atoms with Crippen LogP contribution in [0.15, 0.2) is 53.4 Å². The van der Waals surface area contributed by atoms with Crippen LogP contribution in [0.3, 0.4) is 0 Å². The molecule has 0 aliphatic heterocycles. The number of thioether (sulfide) groups is 1. The zero-order chi connectivity index (χ0) is 13.7. The predicted molar refractivity (Wildman–Crippen MR) is 83.0 cm³/mol. The third-order valence-corrected chi connectivity index (χ3v) is 4.06. The Labute approximate surface area is 123 Å². The van der Waals surface area contributed by atoms with Gasteiger partial charge in [-0.3, -0.25) is 0 Å². The number of hydrogen-bond donors (Lipinski definition) is 1. The van der Waals surface area contributed by atoms with Crippen LogP contribution in [0.5, 0.6) is 0 Å². The highest BCUT2D eigenvalue weighted by molar-refractivity contribution is 7.99. The largest absolute Gasteiger partial charge is 0.388 e. The Hall–Kier alpha value is -0.960. The summed E-state index contributed by atoms with van der Waals surface area (Å²) < 4.78 is 0. The third-order valence-electron chi connectivity index (χ3n) is 2.92. The molecule has 0 radical (unpaired) electrons. The number of hydrogen-bond acceptors (Lipinski definition) is 2. The smallest absolute Gasteiger partial charge is 0.0830 e. The SMILES string of the molecule is CCSc1ccc(C(O)Cc2ccc(Cl)cc2)cc1. The van der Waals surface area contributed by atoms with Crippen LogP contribution >= 0.6 is 23.4 Å². The lowest BCUT2D eigenvalue weighted by Crippen LogP contribution is -2.01. The fourth-order valence-electron chi connectivity index (χ4n) is 1.91. The maximum absolute atomic E-state index is 10.2. The molecule has 0 saturated heterocycles. The van der Waals surface area contributed by atoms with Gasteiger partial charge in [0.15, 0.2) is 0 Å². The molecular formula is C16H17ClOS. The Morgan fingerprint density at radius 2 is 1.68 bits per heavy atom. The lowest BCUT2D eigenvalue weighted by Gasteiger charge is -2.11.